The van der Waals surface area contributed by atoms with Crippen molar-refractivity contribution in [3.05, 3.63) is 42.2 Å². The summed E-state index contributed by atoms with van der Waals surface area (Å²) in [7, 11) is 0. The Balaban J connectivity index is 1.98. The summed E-state index contributed by atoms with van der Waals surface area (Å²) < 4.78 is 0. The summed E-state index contributed by atoms with van der Waals surface area (Å²) in [6, 6.07) is 8.17. The van der Waals surface area contributed by atoms with E-state index < -0.39 is 0 Å². The van der Waals surface area contributed by atoms with E-state index in [1.807, 2.05) is 18.2 Å². The Labute approximate surface area is 94.1 Å². The number of hydrogen-bond acceptors (Lipinski definition) is 3. The van der Waals surface area contributed by atoms with E-state index in [0.29, 0.717) is 0 Å². The first-order chi connectivity index (χ1) is 7.77. The lowest BCUT2D eigenvalue weighted by atomic mass is 10.0. The van der Waals surface area contributed by atoms with Crippen LogP contribution in [0.2, 0.25) is 0 Å². The zero-order valence-corrected chi connectivity index (χ0v) is 9.00. The van der Waals surface area contributed by atoms with Crippen LogP contribution in [0.25, 0.3) is 5.69 Å². The second-order valence-electron chi connectivity index (χ2n) is 4.49. The highest BCUT2D eigenvalue weighted by Gasteiger charge is 2.38. The fourth-order valence-electron chi connectivity index (χ4n) is 1.91. The first-order valence-corrected chi connectivity index (χ1v) is 5.50. The zero-order valence-electron chi connectivity index (χ0n) is 9.00. The molecule has 0 atom stereocenters. The molecular formula is C12H14N4. The van der Waals surface area contributed by atoms with Crippen LogP contribution in [0.3, 0.4) is 0 Å². The zero-order chi connectivity index (χ0) is 11.0. The van der Waals surface area contributed by atoms with E-state index >= 15 is 0 Å². The summed E-state index contributed by atoms with van der Waals surface area (Å²) in [6.07, 6.45) is 6.52. The highest BCUT2D eigenvalue weighted by atomic mass is 15.5. The van der Waals surface area contributed by atoms with Gasteiger partial charge >= 0.3 is 0 Å². The number of aromatic nitrogens is 3. The van der Waals surface area contributed by atoms with Crippen molar-refractivity contribution in [2.45, 2.75) is 24.8 Å². The monoisotopic (exact) mass is 214 g/mol. The summed E-state index contributed by atoms with van der Waals surface area (Å²) in [5.41, 5.74) is 8.42. The molecule has 1 aromatic heterocycles. The molecule has 4 heteroatoms. The maximum absolute atomic E-state index is 6.15. The van der Waals surface area contributed by atoms with Crippen LogP contribution in [0.4, 0.5) is 0 Å². The normalized spacial score (nSPS) is 17.3. The van der Waals surface area contributed by atoms with Crippen LogP contribution in [0, 0.1) is 0 Å². The molecule has 0 bridgehead atoms. The second-order valence-corrected chi connectivity index (χ2v) is 4.49. The lowest BCUT2D eigenvalue weighted by Crippen LogP contribution is -2.25. The highest BCUT2D eigenvalue weighted by molar-refractivity contribution is 5.40. The molecule has 0 unspecified atom stereocenters. The van der Waals surface area contributed by atoms with E-state index in [1.165, 1.54) is 5.56 Å². The molecule has 0 amide bonds. The Morgan fingerprint density at radius 1 is 1.19 bits per heavy atom. The molecule has 1 aromatic carbocycles. The van der Waals surface area contributed by atoms with Gasteiger partial charge in [0.2, 0.25) is 0 Å². The van der Waals surface area contributed by atoms with Gasteiger partial charge in [0.1, 0.15) is 0 Å². The van der Waals surface area contributed by atoms with Crippen LogP contribution in [0.15, 0.2) is 36.7 Å². The smallest absolute Gasteiger partial charge is 0.0889 e. The third-order valence-corrected chi connectivity index (χ3v) is 3.06. The van der Waals surface area contributed by atoms with Crippen molar-refractivity contribution in [3.63, 3.8) is 0 Å². The quantitative estimate of drug-likeness (QED) is 0.837. The minimum Gasteiger partial charge on any atom is -0.325 e. The van der Waals surface area contributed by atoms with Gasteiger partial charge in [0.25, 0.3) is 0 Å². The van der Waals surface area contributed by atoms with Crippen LogP contribution in [0.5, 0.6) is 0 Å². The van der Waals surface area contributed by atoms with Crippen molar-refractivity contribution in [2.24, 2.45) is 5.73 Å². The van der Waals surface area contributed by atoms with E-state index in [4.69, 9.17) is 5.73 Å². The fraction of sp³-hybridized carbons (Fsp3) is 0.333. The van der Waals surface area contributed by atoms with Crippen LogP contribution in [0.1, 0.15) is 18.4 Å². The summed E-state index contributed by atoms with van der Waals surface area (Å²) in [6.45, 7) is 0. The summed E-state index contributed by atoms with van der Waals surface area (Å²) in [5, 5.41) is 8.32. The average molecular weight is 214 g/mol. The standard InChI is InChI=1S/C12H14N4/c13-12(5-6-12)9-10-3-1-2-4-11(10)16-14-7-8-15-16/h1-4,7-8H,5-6,9,13H2. The van der Waals surface area contributed by atoms with Crippen LogP contribution in [-0.2, 0) is 6.42 Å². The number of nitrogens with zero attached hydrogens (tertiary/aromatic N) is 3. The molecule has 1 saturated carbocycles. The maximum atomic E-state index is 6.15. The van der Waals surface area contributed by atoms with Gasteiger partial charge in [0.15, 0.2) is 0 Å². The molecule has 2 aromatic rings. The van der Waals surface area contributed by atoms with Gasteiger partial charge < -0.3 is 5.73 Å². The predicted octanol–water partition coefficient (Wildman–Crippen LogP) is 1.30. The van der Waals surface area contributed by atoms with Crippen LogP contribution < -0.4 is 5.73 Å². The van der Waals surface area contributed by atoms with E-state index in [1.54, 1.807) is 17.2 Å². The Bertz CT molecular complexity index is 485. The van der Waals surface area contributed by atoms with Gasteiger partial charge in [-0.3, -0.25) is 0 Å². The molecule has 1 aliphatic carbocycles. The van der Waals surface area contributed by atoms with Gasteiger partial charge in [0, 0.05) is 5.54 Å². The Morgan fingerprint density at radius 2 is 1.88 bits per heavy atom. The van der Waals surface area contributed by atoms with Crippen molar-refractivity contribution in [1.82, 2.24) is 15.0 Å². The first-order valence-electron chi connectivity index (χ1n) is 5.50. The van der Waals surface area contributed by atoms with Crippen molar-refractivity contribution >= 4 is 0 Å². The summed E-state index contributed by atoms with van der Waals surface area (Å²) in [4.78, 5) is 1.65. The molecule has 0 radical (unpaired) electrons. The second kappa shape index (κ2) is 3.42. The largest absolute Gasteiger partial charge is 0.325 e. The molecule has 1 aliphatic rings. The van der Waals surface area contributed by atoms with Gasteiger partial charge in [-0.05, 0) is 30.9 Å². The Morgan fingerprint density at radius 3 is 2.56 bits per heavy atom. The number of nitrogens with two attached hydrogens (primary N) is 1. The molecule has 0 spiro atoms. The maximum Gasteiger partial charge on any atom is 0.0889 e. The topological polar surface area (TPSA) is 56.7 Å². The van der Waals surface area contributed by atoms with Gasteiger partial charge in [-0.15, -0.1) is 0 Å². The van der Waals surface area contributed by atoms with Gasteiger partial charge in [-0.25, -0.2) is 0 Å². The number of hydrogen-bond donors (Lipinski definition) is 1. The van der Waals surface area contributed by atoms with Gasteiger partial charge in [-0.1, -0.05) is 18.2 Å². The lowest BCUT2D eigenvalue weighted by molar-refractivity contribution is 0.657. The third-order valence-electron chi connectivity index (χ3n) is 3.06. The minimum atomic E-state index is 0.0171. The van der Waals surface area contributed by atoms with Crippen LogP contribution in [-0.4, -0.2) is 20.5 Å². The molecule has 0 aliphatic heterocycles. The summed E-state index contributed by atoms with van der Waals surface area (Å²) >= 11 is 0. The molecule has 82 valence electrons. The van der Waals surface area contributed by atoms with Crippen LogP contribution >= 0.6 is 0 Å². The average Bonchev–Trinajstić information content (AvgIpc) is 2.83. The van der Waals surface area contributed by atoms with E-state index in [0.717, 1.165) is 24.9 Å². The van der Waals surface area contributed by atoms with E-state index in [-0.39, 0.29) is 5.54 Å². The first kappa shape index (κ1) is 9.54. The van der Waals surface area contributed by atoms with E-state index in [2.05, 4.69) is 16.3 Å². The fourth-order valence-corrected chi connectivity index (χ4v) is 1.91. The van der Waals surface area contributed by atoms with Gasteiger partial charge in [0.05, 0.1) is 18.1 Å². The number of rotatable bonds is 3. The highest BCUT2D eigenvalue weighted by Crippen LogP contribution is 2.36. The molecular weight excluding hydrogens is 200 g/mol. The molecule has 2 N–H and O–H groups in total. The number of para-hydroxylation sites is 1. The molecule has 0 saturated heterocycles. The summed E-state index contributed by atoms with van der Waals surface area (Å²) in [5.74, 6) is 0. The molecule has 4 nitrogen and oxygen atoms in total. The van der Waals surface area contributed by atoms with Crippen molar-refractivity contribution < 1.29 is 0 Å². The lowest BCUT2D eigenvalue weighted by Gasteiger charge is -2.12. The molecule has 1 fully saturated rings. The van der Waals surface area contributed by atoms with Crippen molar-refractivity contribution in [2.75, 3.05) is 0 Å². The minimum absolute atomic E-state index is 0.0171. The van der Waals surface area contributed by atoms with Crippen molar-refractivity contribution in [3.8, 4) is 5.69 Å². The third kappa shape index (κ3) is 1.72. The predicted molar refractivity (Wildman–Crippen MR) is 61.2 cm³/mol. The van der Waals surface area contributed by atoms with Crippen molar-refractivity contribution in [1.29, 1.82) is 0 Å². The molecule has 3 rings (SSSR count). The van der Waals surface area contributed by atoms with E-state index in [9.17, 15) is 0 Å². The molecule has 1 heterocycles. The Hall–Kier alpha value is -1.68. The SMILES string of the molecule is NC1(Cc2ccccc2-n2nccn2)CC1. The van der Waals surface area contributed by atoms with Gasteiger partial charge in [-0.2, -0.15) is 15.0 Å². The Kier molecular flexibility index (Phi) is 2.04. The number of benzene rings is 1. The molecule has 16 heavy (non-hydrogen) atoms.